The molecule has 0 unspecified atom stereocenters. The van der Waals surface area contributed by atoms with Gasteiger partial charge in [-0.15, -0.1) is 0 Å². The highest BCUT2D eigenvalue weighted by Crippen LogP contribution is 2.44. The van der Waals surface area contributed by atoms with Crippen LogP contribution < -0.4 is 10.6 Å². The van der Waals surface area contributed by atoms with Gasteiger partial charge in [0.05, 0.1) is 5.41 Å². The summed E-state index contributed by atoms with van der Waals surface area (Å²) in [7, 11) is 0. The number of benzene rings is 2. The normalized spacial score (nSPS) is 15.6. The quantitative estimate of drug-likeness (QED) is 0.842. The van der Waals surface area contributed by atoms with Crippen molar-refractivity contribution in [3.8, 4) is 0 Å². The van der Waals surface area contributed by atoms with Crippen LogP contribution in [0.25, 0.3) is 0 Å². The van der Waals surface area contributed by atoms with E-state index in [0.29, 0.717) is 0 Å². The Hall–Kier alpha value is -2.20. The highest BCUT2D eigenvalue weighted by molar-refractivity contribution is 6.00. The second-order valence-electron chi connectivity index (χ2n) is 6.38. The molecule has 0 bridgehead atoms. The van der Waals surface area contributed by atoms with Gasteiger partial charge in [0.25, 0.3) is 0 Å². The molecule has 1 saturated carbocycles. The summed E-state index contributed by atoms with van der Waals surface area (Å²) in [5, 5.41) is 6.31. The van der Waals surface area contributed by atoms with Gasteiger partial charge in [-0.3, -0.25) is 4.79 Å². The lowest BCUT2D eigenvalue weighted by Crippen LogP contribution is -2.46. The van der Waals surface area contributed by atoms with E-state index < -0.39 is 5.41 Å². The molecule has 3 rings (SSSR count). The minimum absolute atomic E-state index is 0.0417. The number of halogens is 1. The Labute approximate surface area is 142 Å². The van der Waals surface area contributed by atoms with E-state index in [4.69, 9.17) is 0 Å². The Balaban J connectivity index is 1.78. The van der Waals surface area contributed by atoms with Crippen LogP contribution in [0.1, 0.15) is 37.3 Å². The van der Waals surface area contributed by atoms with Crippen LogP contribution in [0.15, 0.2) is 48.5 Å². The average Bonchev–Trinajstić information content (AvgIpc) is 2.52. The van der Waals surface area contributed by atoms with Crippen molar-refractivity contribution in [3.05, 3.63) is 65.5 Å². The Morgan fingerprint density at radius 1 is 1.17 bits per heavy atom. The van der Waals surface area contributed by atoms with E-state index in [-0.39, 0.29) is 11.7 Å². The summed E-state index contributed by atoms with van der Waals surface area (Å²) < 4.78 is 13.6. The van der Waals surface area contributed by atoms with Crippen molar-refractivity contribution in [1.29, 1.82) is 0 Å². The van der Waals surface area contributed by atoms with Crippen LogP contribution in [0.5, 0.6) is 0 Å². The summed E-state index contributed by atoms with van der Waals surface area (Å²) in [4.78, 5) is 12.9. The number of anilines is 1. The lowest BCUT2D eigenvalue weighted by Gasteiger charge is -2.40. The van der Waals surface area contributed by atoms with E-state index in [9.17, 15) is 9.18 Å². The van der Waals surface area contributed by atoms with Gasteiger partial charge < -0.3 is 10.6 Å². The minimum Gasteiger partial charge on any atom is -0.325 e. The molecule has 0 radical (unpaired) electrons. The van der Waals surface area contributed by atoms with Gasteiger partial charge >= 0.3 is 0 Å². The Bertz CT molecular complexity index is 725. The van der Waals surface area contributed by atoms with Crippen LogP contribution in [0, 0.1) is 5.82 Å². The summed E-state index contributed by atoms with van der Waals surface area (Å²) in [6.07, 6.45) is 2.52. The average molecular weight is 326 g/mol. The number of hydrogen-bond donors (Lipinski definition) is 2. The van der Waals surface area contributed by atoms with E-state index in [2.05, 4.69) is 17.6 Å². The maximum absolute atomic E-state index is 13.6. The third-order valence-corrected chi connectivity index (χ3v) is 4.78. The van der Waals surface area contributed by atoms with E-state index in [1.165, 1.54) is 12.1 Å². The summed E-state index contributed by atoms with van der Waals surface area (Å²) in [5.41, 5.74) is 2.09. The fraction of sp³-hybridized carbons (Fsp3) is 0.350. The zero-order valence-corrected chi connectivity index (χ0v) is 13.9. The predicted octanol–water partition coefficient (Wildman–Crippen LogP) is 4.00. The van der Waals surface area contributed by atoms with Crippen LogP contribution >= 0.6 is 0 Å². The Morgan fingerprint density at radius 2 is 1.96 bits per heavy atom. The minimum atomic E-state index is -0.597. The van der Waals surface area contributed by atoms with Crippen molar-refractivity contribution in [3.63, 3.8) is 0 Å². The molecule has 1 amide bonds. The summed E-state index contributed by atoms with van der Waals surface area (Å²) in [5.74, 6) is -0.334. The molecular weight excluding hydrogens is 303 g/mol. The van der Waals surface area contributed by atoms with E-state index >= 15 is 0 Å². The van der Waals surface area contributed by atoms with Crippen molar-refractivity contribution < 1.29 is 9.18 Å². The molecule has 2 aromatic rings. The molecule has 1 aliphatic carbocycles. The molecule has 1 aliphatic rings. The van der Waals surface area contributed by atoms with E-state index in [0.717, 1.165) is 49.2 Å². The van der Waals surface area contributed by atoms with Crippen molar-refractivity contribution in [2.75, 3.05) is 11.9 Å². The number of hydrogen-bond acceptors (Lipinski definition) is 2. The molecule has 0 saturated heterocycles. The maximum Gasteiger partial charge on any atom is 0.235 e. The van der Waals surface area contributed by atoms with Crippen LogP contribution in [0.4, 0.5) is 10.1 Å². The van der Waals surface area contributed by atoms with Crippen molar-refractivity contribution >= 4 is 11.6 Å². The number of rotatable bonds is 6. The zero-order chi connectivity index (χ0) is 17.0. The Kier molecular flexibility index (Phi) is 4.95. The fourth-order valence-electron chi connectivity index (χ4n) is 3.24. The van der Waals surface area contributed by atoms with E-state index in [1.54, 1.807) is 6.07 Å². The molecule has 3 nitrogen and oxygen atoms in total. The van der Waals surface area contributed by atoms with Crippen LogP contribution in [-0.2, 0) is 16.8 Å². The number of amides is 1. The molecule has 1 fully saturated rings. The second kappa shape index (κ2) is 7.14. The molecule has 24 heavy (non-hydrogen) atoms. The van der Waals surface area contributed by atoms with Crippen molar-refractivity contribution in [1.82, 2.24) is 5.32 Å². The highest BCUT2D eigenvalue weighted by atomic mass is 19.1. The third-order valence-electron chi connectivity index (χ3n) is 4.78. The van der Waals surface area contributed by atoms with Gasteiger partial charge in [-0.25, -0.2) is 4.39 Å². The van der Waals surface area contributed by atoms with E-state index in [1.807, 2.05) is 30.3 Å². The summed E-state index contributed by atoms with van der Waals surface area (Å²) in [6, 6.07) is 14.3. The lowest BCUT2D eigenvalue weighted by atomic mass is 9.63. The standard InChI is InChI=1S/C20H23FN2O/c1-2-22-14-15-6-3-9-18(12-15)23-19(24)20(10-5-11-20)16-7-4-8-17(21)13-16/h3-4,6-9,12-13,22H,2,5,10-11,14H2,1H3,(H,23,24). The number of nitrogens with one attached hydrogen (secondary N) is 2. The highest BCUT2D eigenvalue weighted by Gasteiger charge is 2.45. The number of carbonyl (C=O) groups is 1. The lowest BCUT2D eigenvalue weighted by molar-refractivity contribution is -0.124. The summed E-state index contributed by atoms with van der Waals surface area (Å²) in [6.45, 7) is 3.74. The first kappa shape index (κ1) is 16.7. The summed E-state index contributed by atoms with van der Waals surface area (Å²) >= 11 is 0. The largest absolute Gasteiger partial charge is 0.325 e. The van der Waals surface area contributed by atoms with Crippen LogP contribution in [0.2, 0.25) is 0 Å². The van der Waals surface area contributed by atoms with Crippen LogP contribution in [0.3, 0.4) is 0 Å². The SMILES string of the molecule is CCNCc1cccc(NC(=O)C2(c3cccc(F)c3)CCC2)c1. The molecule has 2 aromatic carbocycles. The topological polar surface area (TPSA) is 41.1 Å². The monoisotopic (exact) mass is 326 g/mol. The van der Waals surface area contributed by atoms with Crippen molar-refractivity contribution in [2.24, 2.45) is 0 Å². The second-order valence-corrected chi connectivity index (χ2v) is 6.38. The molecule has 0 aromatic heterocycles. The smallest absolute Gasteiger partial charge is 0.235 e. The first-order valence-corrected chi connectivity index (χ1v) is 8.51. The van der Waals surface area contributed by atoms with Gasteiger partial charge in [-0.1, -0.05) is 37.6 Å². The third kappa shape index (κ3) is 3.34. The van der Waals surface area contributed by atoms with Gasteiger partial charge in [0.15, 0.2) is 0 Å². The van der Waals surface area contributed by atoms with Gasteiger partial charge in [-0.2, -0.15) is 0 Å². The zero-order valence-electron chi connectivity index (χ0n) is 13.9. The molecule has 0 atom stereocenters. The molecule has 0 heterocycles. The molecule has 0 aliphatic heterocycles. The van der Waals surface area contributed by atoms with Gasteiger partial charge in [0, 0.05) is 12.2 Å². The fourth-order valence-corrected chi connectivity index (χ4v) is 3.24. The first-order valence-electron chi connectivity index (χ1n) is 8.51. The predicted molar refractivity (Wildman–Crippen MR) is 94.4 cm³/mol. The molecule has 2 N–H and O–H groups in total. The number of carbonyl (C=O) groups excluding carboxylic acids is 1. The Morgan fingerprint density at radius 3 is 2.62 bits per heavy atom. The molecule has 0 spiro atoms. The molecular formula is C20H23FN2O. The van der Waals surface area contributed by atoms with Crippen LogP contribution in [-0.4, -0.2) is 12.5 Å². The van der Waals surface area contributed by atoms with Gasteiger partial charge in [0.1, 0.15) is 5.82 Å². The van der Waals surface area contributed by atoms with Gasteiger partial charge in [0.2, 0.25) is 5.91 Å². The van der Waals surface area contributed by atoms with Crippen molar-refractivity contribution in [2.45, 2.75) is 38.1 Å². The van der Waals surface area contributed by atoms with Gasteiger partial charge in [-0.05, 0) is 54.8 Å². The molecule has 4 heteroatoms. The maximum atomic E-state index is 13.6. The molecule has 126 valence electrons. The first-order chi connectivity index (χ1) is 11.6.